The van der Waals surface area contributed by atoms with E-state index in [9.17, 15) is 9.59 Å². The number of nitrogens with two attached hydrogens (primary N) is 1. The minimum absolute atomic E-state index is 0.186. The number of carbonyl (C=O) groups is 2. The highest BCUT2D eigenvalue weighted by atomic mass is 79.9. The Morgan fingerprint density at radius 2 is 1.87 bits per heavy atom. The second kappa shape index (κ2) is 3.31. The zero-order valence-electron chi connectivity index (χ0n) is 8.00. The van der Waals surface area contributed by atoms with Gasteiger partial charge in [-0.2, -0.15) is 0 Å². The summed E-state index contributed by atoms with van der Waals surface area (Å²) in [4.78, 5) is 23.7. The molecule has 0 heterocycles. The molecule has 0 aromatic heterocycles. The number of benzene rings is 1. The highest BCUT2D eigenvalue weighted by Gasteiger charge is 2.29. The number of Topliss-reactive ketones (excluding diaryl/α,β-unsaturated/α-hetero) is 2. The normalized spacial score (nSPS) is 15.6. The average molecular weight is 266 g/mol. The summed E-state index contributed by atoms with van der Waals surface area (Å²) in [5, 5.41) is 0. The standard InChI is InChI=1S/C11H8BrNO2/c1-5-9(12)11(15)6-3-2-4-7(13)8(6)10(5)14/h2-4H,13H2,1H3. The number of hydrogen-bond donors (Lipinski definition) is 1. The Labute approximate surface area is 95.1 Å². The molecule has 1 aromatic carbocycles. The molecule has 0 atom stereocenters. The van der Waals surface area contributed by atoms with Crippen molar-refractivity contribution in [1.82, 2.24) is 0 Å². The highest BCUT2D eigenvalue weighted by Crippen LogP contribution is 2.32. The maximum atomic E-state index is 11.9. The lowest BCUT2D eigenvalue weighted by Gasteiger charge is -2.16. The minimum atomic E-state index is -0.186. The lowest BCUT2D eigenvalue weighted by Crippen LogP contribution is -2.19. The number of allylic oxidation sites excluding steroid dienone is 2. The van der Waals surface area contributed by atoms with Gasteiger partial charge in [-0.3, -0.25) is 9.59 Å². The molecule has 1 aliphatic carbocycles. The van der Waals surface area contributed by atoms with E-state index >= 15 is 0 Å². The summed E-state index contributed by atoms with van der Waals surface area (Å²) in [7, 11) is 0. The van der Waals surface area contributed by atoms with Gasteiger partial charge in [0.1, 0.15) is 0 Å². The highest BCUT2D eigenvalue weighted by molar-refractivity contribution is 9.12. The van der Waals surface area contributed by atoms with E-state index in [1.165, 1.54) is 0 Å². The van der Waals surface area contributed by atoms with Gasteiger partial charge in [-0.1, -0.05) is 12.1 Å². The molecule has 0 saturated carbocycles. The number of anilines is 1. The third-order valence-corrected chi connectivity index (χ3v) is 3.39. The summed E-state index contributed by atoms with van der Waals surface area (Å²) in [6, 6.07) is 4.90. The fourth-order valence-electron chi connectivity index (χ4n) is 1.59. The molecule has 76 valence electrons. The van der Waals surface area contributed by atoms with Gasteiger partial charge in [-0.25, -0.2) is 0 Å². The van der Waals surface area contributed by atoms with Crippen molar-refractivity contribution in [3.63, 3.8) is 0 Å². The van der Waals surface area contributed by atoms with Crippen molar-refractivity contribution in [3.05, 3.63) is 39.4 Å². The van der Waals surface area contributed by atoms with Gasteiger partial charge in [0.15, 0.2) is 5.78 Å². The average Bonchev–Trinajstić information content (AvgIpc) is 2.23. The van der Waals surface area contributed by atoms with Crippen LogP contribution < -0.4 is 5.73 Å². The molecule has 0 radical (unpaired) electrons. The van der Waals surface area contributed by atoms with Crippen LogP contribution in [0.4, 0.5) is 5.69 Å². The smallest absolute Gasteiger partial charge is 0.201 e. The molecule has 0 unspecified atom stereocenters. The van der Waals surface area contributed by atoms with E-state index in [1.54, 1.807) is 25.1 Å². The van der Waals surface area contributed by atoms with Crippen molar-refractivity contribution < 1.29 is 9.59 Å². The number of halogens is 1. The van der Waals surface area contributed by atoms with Crippen molar-refractivity contribution in [2.45, 2.75) is 6.92 Å². The van der Waals surface area contributed by atoms with Crippen LogP contribution in [0.15, 0.2) is 28.3 Å². The van der Waals surface area contributed by atoms with Crippen LogP contribution in [0.25, 0.3) is 0 Å². The first-order valence-corrected chi connectivity index (χ1v) is 5.17. The molecule has 1 aromatic rings. The molecule has 0 bridgehead atoms. The summed E-state index contributed by atoms with van der Waals surface area (Å²) in [5.41, 5.74) is 7.15. The Morgan fingerprint density at radius 1 is 1.20 bits per heavy atom. The number of nitrogen functional groups attached to an aromatic ring is 1. The van der Waals surface area contributed by atoms with E-state index in [1.807, 2.05) is 0 Å². The van der Waals surface area contributed by atoms with Crippen LogP contribution in [-0.2, 0) is 0 Å². The maximum Gasteiger partial charge on any atom is 0.201 e. The number of carbonyl (C=O) groups excluding carboxylic acids is 2. The van der Waals surface area contributed by atoms with Gasteiger partial charge in [0.2, 0.25) is 5.78 Å². The molecule has 0 fully saturated rings. The fourth-order valence-corrected chi connectivity index (χ4v) is 1.98. The van der Waals surface area contributed by atoms with Gasteiger partial charge in [-0.05, 0) is 28.9 Å². The third-order valence-electron chi connectivity index (χ3n) is 2.44. The lowest BCUT2D eigenvalue weighted by molar-refractivity contribution is 0.0983. The van der Waals surface area contributed by atoms with Crippen molar-refractivity contribution in [2.75, 3.05) is 5.73 Å². The van der Waals surface area contributed by atoms with E-state index in [2.05, 4.69) is 15.9 Å². The SMILES string of the molecule is CC1=C(Br)C(=O)c2cccc(N)c2C1=O. The number of rotatable bonds is 0. The maximum absolute atomic E-state index is 11.9. The van der Waals surface area contributed by atoms with E-state index < -0.39 is 0 Å². The zero-order valence-corrected chi connectivity index (χ0v) is 9.59. The van der Waals surface area contributed by atoms with Crippen molar-refractivity contribution in [3.8, 4) is 0 Å². The van der Waals surface area contributed by atoms with Gasteiger partial charge in [0.05, 0.1) is 10.0 Å². The van der Waals surface area contributed by atoms with Crippen LogP contribution >= 0.6 is 15.9 Å². The number of hydrogen-bond acceptors (Lipinski definition) is 3. The third kappa shape index (κ3) is 1.33. The molecule has 2 rings (SSSR count). The molecule has 4 heteroatoms. The summed E-state index contributed by atoms with van der Waals surface area (Å²) >= 11 is 3.12. The second-order valence-electron chi connectivity index (χ2n) is 3.37. The molecule has 0 aliphatic heterocycles. The van der Waals surface area contributed by atoms with Crippen molar-refractivity contribution >= 4 is 33.2 Å². The molecule has 0 amide bonds. The van der Waals surface area contributed by atoms with Crippen LogP contribution in [0, 0.1) is 0 Å². The summed E-state index contributed by atoms with van der Waals surface area (Å²) in [6.07, 6.45) is 0. The molecule has 3 nitrogen and oxygen atoms in total. The monoisotopic (exact) mass is 265 g/mol. The zero-order chi connectivity index (χ0) is 11.2. The predicted molar refractivity (Wildman–Crippen MR) is 61.1 cm³/mol. The Morgan fingerprint density at radius 3 is 2.53 bits per heavy atom. The lowest BCUT2D eigenvalue weighted by atomic mass is 9.89. The van der Waals surface area contributed by atoms with Crippen LogP contribution in [0.5, 0.6) is 0 Å². The van der Waals surface area contributed by atoms with Crippen LogP contribution in [0.3, 0.4) is 0 Å². The molecule has 0 saturated heterocycles. The predicted octanol–water partition coefficient (Wildman–Crippen LogP) is 2.32. The Hall–Kier alpha value is -1.42. The van der Waals surface area contributed by atoms with Gasteiger partial charge in [-0.15, -0.1) is 0 Å². The molecule has 1 aliphatic rings. The van der Waals surface area contributed by atoms with E-state index in [0.29, 0.717) is 26.9 Å². The van der Waals surface area contributed by atoms with Gasteiger partial charge in [0.25, 0.3) is 0 Å². The molecule has 0 spiro atoms. The topological polar surface area (TPSA) is 60.2 Å². The molecular formula is C11H8BrNO2. The van der Waals surface area contributed by atoms with Gasteiger partial charge < -0.3 is 5.73 Å². The first-order chi connectivity index (χ1) is 7.04. The van der Waals surface area contributed by atoms with Crippen molar-refractivity contribution in [1.29, 1.82) is 0 Å². The Balaban J connectivity index is 2.79. The molecular weight excluding hydrogens is 258 g/mol. The van der Waals surface area contributed by atoms with E-state index in [4.69, 9.17) is 5.73 Å². The minimum Gasteiger partial charge on any atom is -0.398 e. The first-order valence-electron chi connectivity index (χ1n) is 4.38. The quantitative estimate of drug-likeness (QED) is 0.733. The van der Waals surface area contributed by atoms with Crippen molar-refractivity contribution in [2.24, 2.45) is 0 Å². The van der Waals surface area contributed by atoms with E-state index in [-0.39, 0.29) is 11.6 Å². The second-order valence-corrected chi connectivity index (χ2v) is 4.16. The van der Waals surface area contributed by atoms with Crippen LogP contribution in [-0.4, -0.2) is 11.6 Å². The first kappa shape index (κ1) is 10.1. The summed E-state index contributed by atoms with van der Waals surface area (Å²) in [6.45, 7) is 1.61. The number of fused-ring (bicyclic) bond motifs is 1. The molecule has 2 N–H and O–H groups in total. The fraction of sp³-hybridized carbons (Fsp3) is 0.0909. The number of ketones is 2. The molecule has 15 heavy (non-hydrogen) atoms. The Bertz CT molecular complexity index is 517. The van der Waals surface area contributed by atoms with Gasteiger partial charge >= 0.3 is 0 Å². The summed E-state index contributed by atoms with van der Waals surface area (Å²) < 4.78 is 0.325. The van der Waals surface area contributed by atoms with Crippen LogP contribution in [0.1, 0.15) is 27.6 Å². The van der Waals surface area contributed by atoms with E-state index in [0.717, 1.165) is 0 Å². The Kier molecular flexibility index (Phi) is 2.23. The van der Waals surface area contributed by atoms with Gasteiger partial charge in [0, 0.05) is 16.8 Å². The largest absolute Gasteiger partial charge is 0.398 e. The van der Waals surface area contributed by atoms with Crippen LogP contribution in [0.2, 0.25) is 0 Å². The summed E-state index contributed by atoms with van der Waals surface area (Å²) in [5.74, 6) is -0.371.